The molecule has 5 heteroatoms. The van der Waals surface area contributed by atoms with Gasteiger partial charge in [0.1, 0.15) is 11.3 Å². The van der Waals surface area contributed by atoms with Crippen LogP contribution >= 0.6 is 0 Å². The van der Waals surface area contributed by atoms with Crippen molar-refractivity contribution < 1.29 is 9.90 Å². The number of pyridine rings is 1. The van der Waals surface area contributed by atoms with Crippen LogP contribution in [0.5, 0.6) is 5.75 Å². The van der Waals surface area contributed by atoms with Crippen LogP contribution in [0.15, 0.2) is 54.7 Å². The number of fused-ring (bicyclic) bond motifs is 1. The van der Waals surface area contributed by atoms with Gasteiger partial charge in [0.25, 0.3) is 0 Å². The summed E-state index contributed by atoms with van der Waals surface area (Å²) in [6.07, 6.45) is 3.93. The highest BCUT2D eigenvalue weighted by atomic mass is 16.3. The number of anilines is 1. The first kappa shape index (κ1) is 21.6. The normalized spacial score (nSPS) is 12.0. The molecular formula is C25H31N3O2. The number of aromatic hydroxyl groups is 1. The summed E-state index contributed by atoms with van der Waals surface area (Å²) in [5.74, 6) is 0.0944. The Labute approximate surface area is 178 Å². The van der Waals surface area contributed by atoms with Gasteiger partial charge in [-0.1, -0.05) is 43.7 Å². The standard InChI is InChI=1S/C25H31N3O2/c1-4-7-10-22(29)27-23(19-11-14-20(15-12-19)28(5-2)6-3)21-16-13-18-9-8-17-26-24(18)25(21)30/h8-9,11-17,23,30H,4-7,10H2,1-3H3,(H,27,29)/t23-/m1/s1. The van der Waals surface area contributed by atoms with Crippen molar-refractivity contribution in [2.45, 2.75) is 46.1 Å². The van der Waals surface area contributed by atoms with Gasteiger partial charge in [-0.2, -0.15) is 0 Å². The van der Waals surface area contributed by atoms with E-state index in [1.165, 1.54) is 0 Å². The van der Waals surface area contributed by atoms with Crippen LogP contribution in [0.4, 0.5) is 5.69 Å². The van der Waals surface area contributed by atoms with Gasteiger partial charge >= 0.3 is 0 Å². The third kappa shape index (κ3) is 4.73. The van der Waals surface area contributed by atoms with Crippen molar-refractivity contribution in [3.63, 3.8) is 0 Å². The minimum atomic E-state index is -0.438. The number of benzene rings is 2. The van der Waals surface area contributed by atoms with E-state index >= 15 is 0 Å². The Morgan fingerprint density at radius 2 is 1.80 bits per heavy atom. The fraction of sp³-hybridized carbons (Fsp3) is 0.360. The first-order valence-corrected chi connectivity index (χ1v) is 10.8. The summed E-state index contributed by atoms with van der Waals surface area (Å²) < 4.78 is 0. The summed E-state index contributed by atoms with van der Waals surface area (Å²) in [7, 11) is 0. The van der Waals surface area contributed by atoms with Gasteiger partial charge in [0.2, 0.25) is 5.91 Å². The quantitative estimate of drug-likeness (QED) is 0.515. The molecule has 1 aromatic heterocycles. The van der Waals surface area contributed by atoms with Gasteiger partial charge in [-0.25, -0.2) is 0 Å². The maximum atomic E-state index is 12.6. The minimum Gasteiger partial charge on any atom is -0.505 e. The molecule has 0 aliphatic carbocycles. The summed E-state index contributed by atoms with van der Waals surface area (Å²) in [5, 5.41) is 15.0. The Hall–Kier alpha value is -3.08. The van der Waals surface area contributed by atoms with Crippen LogP contribution in [0, 0.1) is 0 Å². The van der Waals surface area contributed by atoms with Crippen LogP contribution in [0.3, 0.4) is 0 Å². The van der Waals surface area contributed by atoms with Crippen LogP contribution in [0.2, 0.25) is 0 Å². The van der Waals surface area contributed by atoms with E-state index in [4.69, 9.17) is 0 Å². The number of amides is 1. The van der Waals surface area contributed by atoms with Gasteiger partial charge in [-0.05, 0) is 44.0 Å². The van der Waals surface area contributed by atoms with E-state index in [0.29, 0.717) is 17.5 Å². The van der Waals surface area contributed by atoms with Gasteiger partial charge in [0.05, 0.1) is 6.04 Å². The third-order valence-corrected chi connectivity index (χ3v) is 5.51. The predicted molar refractivity (Wildman–Crippen MR) is 123 cm³/mol. The number of nitrogens with zero attached hydrogens (tertiary/aromatic N) is 2. The third-order valence-electron chi connectivity index (χ3n) is 5.51. The van der Waals surface area contributed by atoms with Crippen molar-refractivity contribution in [2.75, 3.05) is 18.0 Å². The highest BCUT2D eigenvalue weighted by molar-refractivity contribution is 5.86. The largest absolute Gasteiger partial charge is 0.505 e. The summed E-state index contributed by atoms with van der Waals surface area (Å²) in [6, 6.07) is 15.3. The molecule has 1 heterocycles. The highest BCUT2D eigenvalue weighted by Gasteiger charge is 2.22. The Balaban J connectivity index is 2.01. The molecule has 0 unspecified atom stereocenters. The second-order valence-corrected chi connectivity index (χ2v) is 7.45. The second kappa shape index (κ2) is 10.1. The van der Waals surface area contributed by atoms with Crippen molar-refractivity contribution >= 4 is 22.5 Å². The number of carbonyl (C=O) groups is 1. The lowest BCUT2D eigenvalue weighted by atomic mass is 9.95. The second-order valence-electron chi connectivity index (χ2n) is 7.45. The van der Waals surface area contributed by atoms with Crippen LogP contribution in [0.1, 0.15) is 57.2 Å². The molecule has 0 saturated carbocycles. The molecule has 2 N–H and O–H groups in total. The number of rotatable bonds is 9. The van der Waals surface area contributed by atoms with Gasteiger partial charge in [0.15, 0.2) is 0 Å². The average Bonchev–Trinajstić information content (AvgIpc) is 2.78. The Morgan fingerprint density at radius 3 is 2.47 bits per heavy atom. The molecule has 30 heavy (non-hydrogen) atoms. The molecule has 3 rings (SSSR count). The maximum absolute atomic E-state index is 12.6. The van der Waals surface area contributed by atoms with E-state index in [-0.39, 0.29) is 11.7 Å². The van der Waals surface area contributed by atoms with Crippen molar-refractivity contribution in [3.05, 3.63) is 65.9 Å². The molecule has 0 aliphatic rings. The summed E-state index contributed by atoms with van der Waals surface area (Å²) in [6.45, 7) is 8.20. The Bertz CT molecular complexity index is 981. The van der Waals surface area contributed by atoms with E-state index in [2.05, 4.69) is 48.1 Å². The van der Waals surface area contributed by atoms with Crippen LogP contribution in [-0.4, -0.2) is 29.1 Å². The van der Waals surface area contributed by atoms with Crippen molar-refractivity contribution in [2.24, 2.45) is 0 Å². The first-order valence-electron chi connectivity index (χ1n) is 10.8. The van der Waals surface area contributed by atoms with Crippen molar-refractivity contribution in [3.8, 4) is 5.75 Å². The molecule has 0 radical (unpaired) electrons. The number of hydrogen-bond acceptors (Lipinski definition) is 4. The van der Waals surface area contributed by atoms with E-state index in [0.717, 1.165) is 42.6 Å². The number of phenols is 1. The molecule has 0 bridgehead atoms. The fourth-order valence-corrected chi connectivity index (χ4v) is 3.76. The molecule has 158 valence electrons. The summed E-state index contributed by atoms with van der Waals surface area (Å²) in [5.41, 5.74) is 3.27. The fourth-order valence-electron chi connectivity index (χ4n) is 3.76. The van der Waals surface area contributed by atoms with Gasteiger partial charge in [-0.15, -0.1) is 0 Å². The molecule has 0 aliphatic heterocycles. The number of hydrogen-bond donors (Lipinski definition) is 2. The van der Waals surface area contributed by atoms with E-state index < -0.39 is 6.04 Å². The maximum Gasteiger partial charge on any atom is 0.220 e. The zero-order valence-corrected chi connectivity index (χ0v) is 18.1. The lowest BCUT2D eigenvalue weighted by molar-refractivity contribution is -0.121. The number of carbonyl (C=O) groups excluding carboxylic acids is 1. The first-order chi connectivity index (χ1) is 14.6. The van der Waals surface area contributed by atoms with Crippen LogP contribution in [-0.2, 0) is 4.79 Å². The molecule has 3 aromatic rings. The number of nitrogens with one attached hydrogen (secondary N) is 1. The molecule has 2 aromatic carbocycles. The number of unbranched alkanes of at least 4 members (excludes halogenated alkanes) is 1. The van der Waals surface area contributed by atoms with E-state index in [1.54, 1.807) is 6.20 Å². The van der Waals surface area contributed by atoms with Crippen LogP contribution in [0.25, 0.3) is 10.9 Å². The summed E-state index contributed by atoms with van der Waals surface area (Å²) >= 11 is 0. The van der Waals surface area contributed by atoms with Crippen LogP contribution < -0.4 is 10.2 Å². The number of aromatic nitrogens is 1. The Morgan fingerprint density at radius 1 is 1.07 bits per heavy atom. The summed E-state index contributed by atoms with van der Waals surface area (Å²) in [4.78, 5) is 19.2. The number of phenolic OH excluding ortho intramolecular Hbond substituents is 1. The van der Waals surface area contributed by atoms with E-state index in [1.807, 2.05) is 36.4 Å². The predicted octanol–water partition coefficient (Wildman–Crippen LogP) is 5.18. The smallest absolute Gasteiger partial charge is 0.220 e. The van der Waals surface area contributed by atoms with Gasteiger partial charge in [0, 0.05) is 42.3 Å². The van der Waals surface area contributed by atoms with Crippen molar-refractivity contribution in [1.82, 2.24) is 10.3 Å². The molecule has 0 saturated heterocycles. The lowest BCUT2D eigenvalue weighted by Gasteiger charge is -2.24. The molecule has 1 atom stereocenters. The molecule has 0 fully saturated rings. The lowest BCUT2D eigenvalue weighted by Crippen LogP contribution is -2.29. The Kier molecular flexibility index (Phi) is 7.28. The molecular weight excluding hydrogens is 374 g/mol. The minimum absolute atomic E-state index is 0.0183. The monoisotopic (exact) mass is 405 g/mol. The van der Waals surface area contributed by atoms with E-state index in [9.17, 15) is 9.90 Å². The average molecular weight is 406 g/mol. The zero-order valence-electron chi connectivity index (χ0n) is 18.1. The van der Waals surface area contributed by atoms with Gasteiger partial charge in [-0.3, -0.25) is 9.78 Å². The van der Waals surface area contributed by atoms with Gasteiger partial charge < -0.3 is 15.3 Å². The highest BCUT2D eigenvalue weighted by Crippen LogP contribution is 2.35. The molecule has 5 nitrogen and oxygen atoms in total. The molecule has 1 amide bonds. The topological polar surface area (TPSA) is 65.5 Å². The molecule has 0 spiro atoms. The zero-order chi connectivity index (χ0) is 21.5. The van der Waals surface area contributed by atoms with Crippen molar-refractivity contribution in [1.29, 1.82) is 0 Å². The SMILES string of the molecule is CCCCC(=O)N[C@H](c1ccc(N(CC)CC)cc1)c1ccc2cccnc2c1O.